The lowest BCUT2D eigenvalue weighted by Gasteiger charge is -2.31. The summed E-state index contributed by atoms with van der Waals surface area (Å²) in [5.41, 5.74) is 0. The van der Waals surface area contributed by atoms with Crippen molar-refractivity contribution < 1.29 is 4.79 Å². The smallest absolute Gasteiger partial charge is 0.317 e. The molecule has 0 saturated carbocycles. The fourth-order valence-electron chi connectivity index (χ4n) is 3.44. The monoisotopic (exact) mass is 345 g/mol. The van der Waals surface area contributed by atoms with Gasteiger partial charge in [-0.15, -0.1) is 10.2 Å². The second-order valence-corrected chi connectivity index (χ2v) is 6.42. The van der Waals surface area contributed by atoms with E-state index in [2.05, 4.69) is 36.6 Å². The van der Waals surface area contributed by atoms with Crippen LogP contribution in [0.5, 0.6) is 0 Å². The molecule has 1 aliphatic rings. The number of aromatic nitrogens is 5. The van der Waals surface area contributed by atoms with Gasteiger partial charge in [-0.2, -0.15) is 0 Å². The molecule has 3 rings (SSSR count). The molecular weight excluding hydrogens is 318 g/mol. The standard InChI is InChI=1S/C17H27N7O/c1-4-18-17(25)22-9-6-14(7-10-22)16-21-20-15(24(16)5-2)12-23-11-8-19-13(23)3/h8,11,14H,4-7,9-10,12H2,1-3H3,(H,18,25). The molecule has 0 atom stereocenters. The molecule has 0 aliphatic carbocycles. The molecule has 8 nitrogen and oxygen atoms in total. The average Bonchev–Trinajstić information content (AvgIpc) is 3.22. The van der Waals surface area contributed by atoms with Crippen LogP contribution in [0.2, 0.25) is 0 Å². The number of nitrogens with zero attached hydrogens (tertiary/aromatic N) is 6. The Hall–Kier alpha value is -2.38. The van der Waals surface area contributed by atoms with Gasteiger partial charge in [0, 0.05) is 44.5 Å². The van der Waals surface area contributed by atoms with Crippen LogP contribution >= 0.6 is 0 Å². The Morgan fingerprint density at radius 1 is 1.28 bits per heavy atom. The first-order valence-corrected chi connectivity index (χ1v) is 9.06. The number of nitrogens with one attached hydrogen (secondary N) is 1. The zero-order chi connectivity index (χ0) is 17.8. The highest BCUT2D eigenvalue weighted by molar-refractivity contribution is 5.74. The van der Waals surface area contributed by atoms with E-state index in [1.807, 2.05) is 24.9 Å². The highest BCUT2D eigenvalue weighted by Gasteiger charge is 2.27. The number of piperidine rings is 1. The van der Waals surface area contributed by atoms with E-state index in [0.29, 0.717) is 19.0 Å². The molecule has 136 valence electrons. The average molecular weight is 345 g/mol. The molecule has 2 amide bonds. The number of likely N-dealkylation sites (tertiary alicyclic amines) is 1. The van der Waals surface area contributed by atoms with Gasteiger partial charge in [0.2, 0.25) is 0 Å². The van der Waals surface area contributed by atoms with Crippen LogP contribution in [0, 0.1) is 6.92 Å². The summed E-state index contributed by atoms with van der Waals surface area (Å²) in [7, 11) is 0. The van der Waals surface area contributed by atoms with Gasteiger partial charge in [0.05, 0.1) is 6.54 Å². The second-order valence-electron chi connectivity index (χ2n) is 6.42. The summed E-state index contributed by atoms with van der Waals surface area (Å²) in [5.74, 6) is 3.34. The zero-order valence-corrected chi connectivity index (χ0v) is 15.3. The van der Waals surface area contributed by atoms with Gasteiger partial charge in [-0.05, 0) is 33.6 Å². The molecule has 0 unspecified atom stereocenters. The molecule has 1 saturated heterocycles. The third-order valence-electron chi connectivity index (χ3n) is 4.88. The first-order valence-electron chi connectivity index (χ1n) is 9.06. The third kappa shape index (κ3) is 3.67. The minimum Gasteiger partial charge on any atom is -0.338 e. The molecule has 1 aliphatic heterocycles. The van der Waals surface area contributed by atoms with E-state index in [-0.39, 0.29) is 6.03 Å². The van der Waals surface area contributed by atoms with Crippen molar-refractivity contribution in [2.45, 2.75) is 52.6 Å². The number of rotatable bonds is 5. The van der Waals surface area contributed by atoms with Crippen LogP contribution in [0.15, 0.2) is 12.4 Å². The Morgan fingerprint density at radius 2 is 2.04 bits per heavy atom. The molecule has 2 aromatic heterocycles. The van der Waals surface area contributed by atoms with Crippen molar-refractivity contribution in [1.82, 2.24) is 34.5 Å². The van der Waals surface area contributed by atoms with Crippen LogP contribution in [0.1, 0.15) is 50.1 Å². The predicted octanol–water partition coefficient (Wildman–Crippen LogP) is 1.76. The summed E-state index contributed by atoms with van der Waals surface area (Å²) in [6.07, 6.45) is 5.63. The van der Waals surface area contributed by atoms with Crippen molar-refractivity contribution in [2.24, 2.45) is 0 Å². The summed E-state index contributed by atoms with van der Waals surface area (Å²) in [6.45, 7) is 9.79. The minimum absolute atomic E-state index is 0.0363. The van der Waals surface area contributed by atoms with Crippen molar-refractivity contribution in [2.75, 3.05) is 19.6 Å². The lowest BCUT2D eigenvalue weighted by atomic mass is 9.96. The fourth-order valence-corrected chi connectivity index (χ4v) is 3.44. The fraction of sp³-hybridized carbons (Fsp3) is 0.647. The molecule has 0 aromatic carbocycles. The first-order chi connectivity index (χ1) is 12.1. The molecule has 0 radical (unpaired) electrons. The number of urea groups is 1. The number of carbonyl (C=O) groups is 1. The van der Waals surface area contributed by atoms with Crippen LogP contribution in [0.4, 0.5) is 4.79 Å². The molecule has 25 heavy (non-hydrogen) atoms. The number of hydrogen-bond acceptors (Lipinski definition) is 4. The van der Waals surface area contributed by atoms with Crippen molar-refractivity contribution in [1.29, 1.82) is 0 Å². The Balaban J connectivity index is 1.69. The van der Waals surface area contributed by atoms with Gasteiger partial charge in [-0.25, -0.2) is 9.78 Å². The van der Waals surface area contributed by atoms with Gasteiger partial charge in [0.15, 0.2) is 5.82 Å². The number of carbonyl (C=O) groups excluding carboxylic acids is 1. The number of hydrogen-bond donors (Lipinski definition) is 1. The van der Waals surface area contributed by atoms with Gasteiger partial charge in [-0.1, -0.05) is 0 Å². The lowest BCUT2D eigenvalue weighted by molar-refractivity contribution is 0.180. The van der Waals surface area contributed by atoms with Crippen molar-refractivity contribution in [3.05, 3.63) is 29.9 Å². The molecule has 1 N–H and O–H groups in total. The maximum atomic E-state index is 12.0. The maximum absolute atomic E-state index is 12.0. The Bertz CT molecular complexity index is 712. The SMILES string of the molecule is CCNC(=O)N1CCC(c2nnc(Cn3ccnc3C)n2CC)CC1. The highest BCUT2D eigenvalue weighted by Crippen LogP contribution is 2.27. The van der Waals surface area contributed by atoms with E-state index in [4.69, 9.17) is 0 Å². The number of aryl methyl sites for hydroxylation is 1. The summed E-state index contributed by atoms with van der Waals surface area (Å²) in [5, 5.41) is 11.8. The normalized spacial score (nSPS) is 15.6. The highest BCUT2D eigenvalue weighted by atomic mass is 16.2. The Morgan fingerprint density at radius 3 is 2.64 bits per heavy atom. The molecule has 0 bridgehead atoms. The van der Waals surface area contributed by atoms with E-state index in [1.165, 1.54) is 0 Å². The van der Waals surface area contributed by atoms with Gasteiger partial charge >= 0.3 is 6.03 Å². The first kappa shape index (κ1) is 17.4. The van der Waals surface area contributed by atoms with E-state index in [0.717, 1.165) is 49.9 Å². The molecule has 2 aromatic rings. The summed E-state index contributed by atoms with van der Waals surface area (Å²) in [6, 6.07) is 0.0363. The Kier molecular flexibility index (Phi) is 5.35. The van der Waals surface area contributed by atoms with Crippen molar-refractivity contribution in [3.63, 3.8) is 0 Å². The molecule has 3 heterocycles. The van der Waals surface area contributed by atoms with Crippen LogP contribution in [-0.4, -0.2) is 54.9 Å². The summed E-state index contributed by atoms with van der Waals surface area (Å²) < 4.78 is 4.30. The number of imidazole rings is 1. The molecular formula is C17H27N7O. The zero-order valence-electron chi connectivity index (χ0n) is 15.3. The number of amides is 2. The Labute approximate surface area is 148 Å². The van der Waals surface area contributed by atoms with Crippen LogP contribution < -0.4 is 5.32 Å². The maximum Gasteiger partial charge on any atom is 0.317 e. The van der Waals surface area contributed by atoms with Crippen molar-refractivity contribution in [3.8, 4) is 0 Å². The van der Waals surface area contributed by atoms with E-state index >= 15 is 0 Å². The van der Waals surface area contributed by atoms with Crippen molar-refractivity contribution >= 4 is 6.03 Å². The van der Waals surface area contributed by atoms with Gasteiger partial charge < -0.3 is 19.4 Å². The second kappa shape index (κ2) is 7.67. The van der Waals surface area contributed by atoms with E-state index in [9.17, 15) is 4.79 Å². The van der Waals surface area contributed by atoms with Gasteiger partial charge in [0.1, 0.15) is 11.6 Å². The van der Waals surface area contributed by atoms with E-state index in [1.54, 1.807) is 6.20 Å². The van der Waals surface area contributed by atoms with E-state index < -0.39 is 0 Å². The predicted molar refractivity (Wildman–Crippen MR) is 94.4 cm³/mol. The lowest BCUT2D eigenvalue weighted by Crippen LogP contribution is -2.44. The van der Waals surface area contributed by atoms with Gasteiger partial charge in [-0.3, -0.25) is 0 Å². The minimum atomic E-state index is 0.0363. The molecule has 8 heteroatoms. The summed E-state index contributed by atoms with van der Waals surface area (Å²) in [4.78, 5) is 18.1. The van der Waals surface area contributed by atoms with Crippen LogP contribution in [-0.2, 0) is 13.1 Å². The third-order valence-corrected chi connectivity index (χ3v) is 4.88. The quantitative estimate of drug-likeness (QED) is 0.895. The van der Waals surface area contributed by atoms with Crippen LogP contribution in [0.3, 0.4) is 0 Å². The van der Waals surface area contributed by atoms with Crippen LogP contribution in [0.25, 0.3) is 0 Å². The topological polar surface area (TPSA) is 80.9 Å². The largest absolute Gasteiger partial charge is 0.338 e. The van der Waals surface area contributed by atoms with Gasteiger partial charge in [0.25, 0.3) is 0 Å². The summed E-state index contributed by atoms with van der Waals surface area (Å²) >= 11 is 0. The molecule has 1 fully saturated rings. The molecule has 0 spiro atoms.